The molecule has 0 aliphatic carbocycles. The second-order valence-corrected chi connectivity index (χ2v) is 1.93. The highest BCUT2D eigenvalue weighted by Crippen LogP contribution is 1.88. The minimum absolute atomic E-state index is 0.0300. The number of nitrogens with one attached hydrogen (secondary N) is 1. The van der Waals surface area contributed by atoms with Crippen LogP contribution in [0.4, 0.5) is 0 Å². The summed E-state index contributed by atoms with van der Waals surface area (Å²) >= 11 is 0. The van der Waals surface area contributed by atoms with E-state index in [0.717, 1.165) is 0 Å². The number of hydrogen-bond acceptors (Lipinski definition) is 3. The largest absolute Gasteiger partial charge is 0.478 e. The number of aromatic carboxylic acids is 1. The molecule has 12 heavy (non-hydrogen) atoms. The summed E-state index contributed by atoms with van der Waals surface area (Å²) in [7, 11) is 0. The third kappa shape index (κ3) is 2.37. The van der Waals surface area contributed by atoms with Gasteiger partial charge in [-0.1, -0.05) is 0 Å². The predicted molar refractivity (Wildman–Crippen MR) is 41.0 cm³/mol. The first-order chi connectivity index (χ1) is 5.80. The molecule has 0 aliphatic heterocycles. The molecule has 1 aromatic rings. The highest BCUT2D eigenvalue weighted by Gasteiger charge is 1.97. The van der Waals surface area contributed by atoms with Crippen molar-refractivity contribution in [3.63, 3.8) is 0 Å². The first-order valence-electron chi connectivity index (χ1n) is 3.21. The molecule has 0 bridgehead atoms. The third-order valence-corrected chi connectivity index (χ3v) is 1.08. The summed E-state index contributed by atoms with van der Waals surface area (Å²) in [5, 5.41) is 14.7. The Labute approximate surface area is 68.4 Å². The molecule has 5 heteroatoms. The van der Waals surface area contributed by atoms with Crippen molar-refractivity contribution in [2.45, 2.75) is 0 Å². The van der Waals surface area contributed by atoms with Crippen LogP contribution in [0.15, 0.2) is 30.9 Å². The van der Waals surface area contributed by atoms with Crippen molar-refractivity contribution in [3.8, 4) is 0 Å². The lowest BCUT2D eigenvalue weighted by atomic mass is 10.4. The number of carbonyl (C=O) groups is 1. The van der Waals surface area contributed by atoms with Crippen molar-refractivity contribution >= 4 is 5.97 Å². The number of aromatic amines is 1. The lowest BCUT2D eigenvalue weighted by molar-refractivity contribution is 0.0696. The molecule has 0 saturated carbocycles. The average molecular weight is 165 g/mol. The van der Waals surface area contributed by atoms with Crippen LogP contribution in [0.2, 0.25) is 0 Å². The lowest BCUT2D eigenvalue weighted by Gasteiger charge is -1.83. The van der Waals surface area contributed by atoms with Gasteiger partial charge in [0, 0.05) is 18.6 Å². The maximum Gasteiger partial charge on any atom is 0.338 e. The van der Waals surface area contributed by atoms with E-state index >= 15 is 0 Å². The number of aromatic nitrogens is 3. The smallest absolute Gasteiger partial charge is 0.338 e. The molecule has 1 rings (SSSR count). The van der Waals surface area contributed by atoms with Crippen molar-refractivity contribution in [1.29, 1.82) is 0 Å². The second-order valence-electron chi connectivity index (χ2n) is 1.93. The van der Waals surface area contributed by atoms with E-state index in [9.17, 15) is 4.79 Å². The zero-order chi connectivity index (χ0) is 8.81. The van der Waals surface area contributed by atoms with Crippen molar-refractivity contribution in [1.82, 2.24) is 15.2 Å². The van der Waals surface area contributed by atoms with Gasteiger partial charge in [0.15, 0.2) is 0 Å². The fourth-order valence-corrected chi connectivity index (χ4v) is 0.553. The summed E-state index contributed by atoms with van der Waals surface area (Å²) in [4.78, 5) is 14.2. The molecular formula is C7H7N3O2. The van der Waals surface area contributed by atoms with E-state index in [1.165, 1.54) is 18.6 Å². The molecule has 0 saturated heterocycles. The van der Waals surface area contributed by atoms with Crippen LogP contribution < -0.4 is 0 Å². The molecule has 0 radical (unpaired) electrons. The van der Waals surface area contributed by atoms with E-state index < -0.39 is 5.97 Å². The number of carboxylic acids is 1. The Morgan fingerprint density at radius 3 is 3.08 bits per heavy atom. The van der Waals surface area contributed by atoms with Crippen LogP contribution >= 0.6 is 0 Å². The molecule has 0 aromatic carbocycles. The lowest BCUT2D eigenvalue weighted by Crippen LogP contribution is -1.94. The minimum atomic E-state index is -1.06. The Bertz CT molecular complexity index is 296. The number of H-pyrrole nitrogens is 1. The van der Waals surface area contributed by atoms with E-state index in [-0.39, 0.29) is 5.56 Å². The molecule has 2 N–H and O–H groups in total. The van der Waals surface area contributed by atoms with Crippen LogP contribution in [0.25, 0.3) is 0 Å². The van der Waals surface area contributed by atoms with Crippen LogP contribution in [0, 0.1) is 0 Å². The zero-order valence-electron chi connectivity index (χ0n) is 6.14. The summed E-state index contributed by atoms with van der Waals surface area (Å²) in [5.74, 6) is -1.06. The second kappa shape index (κ2) is 4.07. The molecule has 1 aromatic heterocycles. The topological polar surface area (TPSA) is 78.9 Å². The van der Waals surface area contributed by atoms with Gasteiger partial charge in [0.2, 0.25) is 0 Å². The molecule has 62 valence electrons. The molecule has 0 amide bonds. The van der Waals surface area contributed by atoms with Gasteiger partial charge >= 0.3 is 5.97 Å². The van der Waals surface area contributed by atoms with Crippen molar-refractivity contribution in [3.05, 3.63) is 36.4 Å². The third-order valence-electron chi connectivity index (χ3n) is 1.08. The van der Waals surface area contributed by atoms with Gasteiger partial charge in [-0.05, 0) is 6.07 Å². The van der Waals surface area contributed by atoms with Gasteiger partial charge < -0.3 is 5.11 Å². The van der Waals surface area contributed by atoms with Gasteiger partial charge in [0.1, 0.15) is 0 Å². The fraction of sp³-hybridized carbons (Fsp3) is 0. The molecule has 0 unspecified atom stereocenters. The number of rotatable bonds is 1. The number of carboxylic acid groups (broad SMARTS) is 1. The van der Waals surface area contributed by atoms with Crippen molar-refractivity contribution in [2.24, 2.45) is 0 Å². The monoisotopic (exact) mass is 165 g/mol. The molecule has 0 spiro atoms. The van der Waals surface area contributed by atoms with E-state index in [1.807, 2.05) is 0 Å². The van der Waals surface area contributed by atoms with Crippen LogP contribution in [0.5, 0.6) is 0 Å². The van der Waals surface area contributed by atoms with Crippen LogP contribution in [-0.4, -0.2) is 26.3 Å². The van der Waals surface area contributed by atoms with Gasteiger partial charge in [-0.2, -0.15) is 5.10 Å². The summed E-state index contributed by atoms with van der Waals surface area (Å²) in [6.45, 7) is 0. The highest BCUT2D eigenvalue weighted by atomic mass is 16.4. The molecule has 0 aliphatic rings. The van der Waals surface area contributed by atoms with Crippen LogP contribution in [0.1, 0.15) is 10.4 Å². The van der Waals surface area contributed by atoms with Crippen molar-refractivity contribution in [2.75, 3.05) is 0 Å². The molecule has 5 nitrogen and oxygen atoms in total. The Kier molecular flexibility index (Phi) is 2.78. The molecular weight excluding hydrogens is 158 g/mol. The van der Waals surface area contributed by atoms with Crippen molar-refractivity contribution < 1.29 is 9.90 Å². The highest BCUT2D eigenvalue weighted by molar-refractivity contribution is 5.86. The average Bonchev–Trinajstić information content (AvgIpc) is 2.15. The Morgan fingerprint density at radius 1 is 1.50 bits per heavy atom. The summed E-state index contributed by atoms with van der Waals surface area (Å²) in [6, 6.07) is 1.61. The van der Waals surface area contributed by atoms with Gasteiger partial charge in [-0.3, -0.25) is 10.1 Å². The van der Waals surface area contributed by atoms with Gasteiger partial charge in [-0.25, -0.2) is 4.79 Å². The maximum absolute atomic E-state index is 10.5. The first-order valence-corrected chi connectivity index (χ1v) is 3.21. The minimum Gasteiger partial charge on any atom is -0.478 e. The van der Waals surface area contributed by atoms with E-state index in [0.29, 0.717) is 0 Å². The quantitative estimate of drug-likeness (QED) is 0.639. The summed E-state index contributed by atoms with van der Waals surface area (Å²) < 4.78 is 0. The normalized spacial score (nSPS) is 8.67. The Hall–Kier alpha value is -1.91. The standard InChI is InChI=1S/C7H7N3O2/c11-7(12)6-4-8-2-1-3-9-10-5-6/h1-5,9H,(H,11,12). The zero-order valence-corrected chi connectivity index (χ0v) is 6.14. The van der Waals surface area contributed by atoms with Gasteiger partial charge in [-0.15, -0.1) is 0 Å². The van der Waals surface area contributed by atoms with E-state index in [4.69, 9.17) is 5.11 Å². The summed E-state index contributed by atoms with van der Waals surface area (Å²) in [6.07, 6.45) is 5.42. The van der Waals surface area contributed by atoms with Crippen LogP contribution in [0.3, 0.4) is 0 Å². The number of nitrogens with zero attached hydrogens (tertiary/aromatic N) is 2. The molecule has 1 heterocycles. The molecule has 0 fully saturated rings. The Balaban J connectivity index is 3.19. The SMILES string of the molecule is O=C(O)c1cnccc[nH]nc1. The van der Waals surface area contributed by atoms with Gasteiger partial charge in [0.05, 0.1) is 11.8 Å². The van der Waals surface area contributed by atoms with Gasteiger partial charge in [0.25, 0.3) is 0 Å². The first kappa shape index (κ1) is 8.19. The summed E-state index contributed by atoms with van der Waals surface area (Å²) in [5.41, 5.74) is 0.0300. The van der Waals surface area contributed by atoms with E-state index in [2.05, 4.69) is 15.2 Å². The maximum atomic E-state index is 10.5. The number of hydrogen-bond donors (Lipinski definition) is 2. The van der Waals surface area contributed by atoms with E-state index in [1.54, 1.807) is 12.3 Å². The van der Waals surface area contributed by atoms with Crippen LogP contribution in [-0.2, 0) is 0 Å². The predicted octanol–water partition coefficient (Wildman–Crippen LogP) is 0.627. The Morgan fingerprint density at radius 2 is 2.33 bits per heavy atom. The fourth-order valence-electron chi connectivity index (χ4n) is 0.553. The molecule has 0 atom stereocenters.